The van der Waals surface area contributed by atoms with Crippen LogP contribution in [0.1, 0.15) is 23.6 Å². The van der Waals surface area contributed by atoms with Gasteiger partial charge in [0, 0.05) is 29.0 Å². The number of carbonyl (C=O) groups is 1. The Hall–Kier alpha value is -1.82. The highest BCUT2D eigenvalue weighted by Crippen LogP contribution is 2.30. The van der Waals surface area contributed by atoms with E-state index >= 15 is 0 Å². The first kappa shape index (κ1) is 13.6. The molecule has 0 amide bonds. The van der Waals surface area contributed by atoms with Crippen LogP contribution in [0.25, 0.3) is 0 Å². The Balaban J connectivity index is 2.48. The van der Waals surface area contributed by atoms with Crippen LogP contribution in [0, 0.1) is 5.82 Å². The monoisotopic (exact) mass is 324 g/mol. The maximum Gasteiger partial charge on any atom is 0.304 e. The lowest BCUT2D eigenvalue weighted by Crippen LogP contribution is -2.11. The molecule has 0 saturated heterocycles. The van der Waals surface area contributed by atoms with Gasteiger partial charge in [-0.15, -0.1) is 0 Å². The fourth-order valence-corrected chi connectivity index (χ4v) is 2.20. The number of aliphatic carboxylic acids is 1. The third-order valence-corrected chi connectivity index (χ3v) is 3.15. The van der Waals surface area contributed by atoms with Gasteiger partial charge in [0.2, 0.25) is 0 Å². The zero-order chi connectivity index (χ0) is 13.8. The van der Waals surface area contributed by atoms with Gasteiger partial charge in [-0.05, 0) is 23.8 Å². The van der Waals surface area contributed by atoms with Gasteiger partial charge in [-0.1, -0.05) is 15.9 Å². The summed E-state index contributed by atoms with van der Waals surface area (Å²) in [5.74, 6) is -2.14. The second-order valence-electron chi connectivity index (χ2n) is 3.95. The topological polar surface area (TPSA) is 63.1 Å². The molecule has 0 radical (unpaired) electrons. The Kier molecular flexibility index (Phi) is 4.21. The van der Waals surface area contributed by atoms with Crippen molar-refractivity contribution in [1.29, 1.82) is 0 Å². The normalized spacial score (nSPS) is 12.1. The predicted octanol–water partition coefficient (Wildman–Crippen LogP) is 2.98. The molecule has 98 valence electrons. The number of nitrogens with zero attached hydrogens (tertiary/aromatic N) is 2. The number of benzene rings is 1. The molecule has 4 nitrogen and oxygen atoms in total. The van der Waals surface area contributed by atoms with E-state index in [1.165, 1.54) is 24.7 Å². The first-order chi connectivity index (χ1) is 9.08. The summed E-state index contributed by atoms with van der Waals surface area (Å²) in [6.45, 7) is 0. The molecule has 0 saturated carbocycles. The van der Waals surface area contributed by atoms with E-state index in [-0.39, 0.29) is 12.0 Å². The lowest BCUT2D eigenvalue weighted by molar-refractivity contribution is -0.137. The van der Waals surface area contributed by atoms with E-state index in [4.69, 9.17) is 5.11 Å². The summed E-state index contributed by atoms with van der Waals surface area (Å²) in [6.07, 6.45) is 4.15. The van der Waals surface area contributed by atoms with Crippen molar-refractivity contribution in [3.05, 3.63) is 58.3 Å². The Bertz CT molecular complexity index is 592. The van der Waals surface area contributed by atoms with Gasteiger partial charge >= 0.3 is 5.97 Å². The van der Waals surface area contributed by atoms with Gasteiger partial charge in [-0.3, -0.25) is 14.8 Å². The predicted molar refractivity (Wildman–Crippen MR) is 70.2 cm³/mol. The van der Waals surface area contributed by atoms with Gasteiger partial charge < -0.3 is 5.11 Å². The van der Waals surface area contributed by atoms with E-state index in [0.29, 0.717) is 10.2 Å². The van der Waals surface area contributed by atoms with Crippen LogP contribution >= 0.6 is 15.9 Å². The van der Waals surface area contributed by atoms with E-state index in [0.717, 1.165) is 0 Å². The molecule has 0 spiro atoms. The highest BCUT2D eigenvalue weighted by Gasteiger charge is 2.22. The van der Waals surface area contributed by atoms with Crippen molar-refractivity contribution in [2.24, 2.45) is 0 Å². The molecule has 1 aromatic heterocycles. The van der Waals surface area contributed by atoms with Crippen molar-refractivity contribution < 1.29 is 14.3 Å². The van der Waals surface area contributed by atoms with Crippen LogP contribution in [0.3, 0.4) is 0 Å². The fraction of sp³-hybridized carbons (Fsp3) is 0.154. The molecule has 0 aliphatic rings. The summed E-state index contributed by atoms with van der Waals surface area (Å²) in [6, 6.07) is 4.43. The zero-order valence-corrected chi connectivity index (χ0v) is 11.3. The van der Waals surface area contributed by atoms with E-state index in [9.17, 15) is 9.18 Å². The number of carboxylic acid groups (broad SMARTS) is 1. The lowest BCUT2D eigenvalue weighted by atomic mass is 9.92. The number of halogens is 2. The largest absolute Gasteiger partial charge is 0.481 e. The Labute approximate surface area is 117 Å². The highest BCUT2D eigenvalue weighted by atomic mass is 79.9. The van der Waals surface area contributed by atoms with Crippen LogP contribution in [0.4, 0.5) is 4.39 Å². The van der Waals surface area contributed by atoms with Crippen molar-refractivity contribution in [3.8, 4) is 0 Å². The van der Waals surface area contributed by atoms with Gasteiger partial charge in [-0.25, -0.2) is 4.39 Å². The Morgan fingerprint density at radius 1 is 1.42 bits per heavy atom. The maximum atomic E-state index is 13.9. The average Bonchev–Trinajstić information content (AvgIpc) is 2.40. The number of carboxylic acids is 1. The molecule has 1 atom stereocenters. The van der Waals surface area contributed by atoms with Gasteiger partial charge in [0.15, 0.2) is 0 Å². The molecule has 0 bridgehead atoms. The molecule has 1 unspecified atom stereocenters. The summed E-state index contributed by atoms with van der Waals surface area (Å²) in [7, 11) is 0. The molecule has 1 heterocycles. The quantitative estimate of drug-likeness (QED) is 0.939. The molecule has 6 heteroatoms. The third kappa shape index (κ3) is 3.35. The fourth-order valence-electron chi connectivity index (χ4n) is 1.82. The van der Waals surface area contributed by atoms with E-state index in [1.54, 1.807) is 12.1 Å². The van der Waals surface area contributed by atoms with Crippen LogP contribution < -0.4 is 0 Å². The minimum atomic E-state index is -1.02. The minimum Gasteiger partial charge on any atom is -0.481 e. The Morgan fingerprint density at radius 2 is 2.21 bits per heavy atom. The summed E-state index contributed by atoms with van der Waals surface area (Å²) < 4.78 is 14.6. The molecule has 1 N–H and O–H groups in total. The molecule has 0 aliphatic carbocycles. The first-order valence-electron chi connectivity index (χ1n) is 5.50. The molecule has 2 aromatic rings. The van der Waals surface area contributed by atoms with Crippen LogP contribution in [-0.4, -0.2) is 21.0 Å². The van der Waals surface area contributed by atoms with E-state index < -0.39 is 17.7 Å². The highest BCUT2D eigenvalue weighted by molar-refractivity contribution is 9.10. The maximum absolute atomic E-state index is 13.9. The zero-order valence-electron chi connectivity index (χ0n) is 9.75. The molecule has 2 rings (SSSR count). The van der Waals surface area contributed by atoms with Crippen LogP contribution in [0.15, 0.2) is 41.3 Å². The van der Waals surface area contributed by atoms with Crippen molar-refractivity contribution >= 4 is 21.9 Å². The summed E-state index contributed by atoms with van der Waals surface area (Å²) in [5.41, 5.74) is 0.721. The molecular weight excluding hydrogens is 315 g/mol. The van der Waals surface area contributed by atoms with Crippen molar-refractivity contribution in [2.75, 3.05) is 0 Å². The SMILES string of the molecule is O=C(O)CC(c1cnccn1)c1cc(Br)ccc1F. The summed E-state index contributed by atoms with van der Waals surface area (Å²) in [4.78, 5) is 18.9. The summed E-state index contributed by atoms with van der Waals surface area (Å²) in [5, 5.41) is 8.98. The molecule has 1 aromatic carbocycles. The molecular formula is C13H10BrFN2O2. The summed E-state index contributed by atoms with van der Waals surface area (Å²) >= 11 is 3.25. The molecule has 0 fully saturated rings. The average molecular weight is 325 g/mol. The van der Waals surface area contributed by atoms with Gasteiger partial charge in [0.1, 0.15) is 5.82 Å². The van der Waals surface area contributed by atoms with Crippen molar-refractivity contribution in [2.45, 2.75) is 12.3 Å². The second kappa shape index (κ2) is 5.88. The molecule has 19 heavy (non-hydrogen) atoms. The van der Waals surface area contributed by atoms with Gasteiger partial charge in [0.05, 0.1) is 12.1 Å². The lowest BCUT2D eigenvalue weighted by Gasteiger charge is -2.15. The number of hydrogen-bond donors (Lipinski definition) is 1. The van der Waals surface area contributed by atoms with Crippen molar-refractivity contribution in [1.82, 2.24) is 9.97 Å². The van der Waals surface area contributed by atoms with Gasteiger partial charge in [-0.2, -0.15) is 0 Å². The number of aromatic nitrogens is 2. The number of rotatable bonds is 4. The third-order valence-electron chi connectivity index (χ3n) is 2.65. The van der Waals surface area contributed by atoms with E-state index in [2.05, 4.69) is 25.9 Å². The van der Waals surface area contributed by atoms with Crippen LogP contribution in [0.5, 0.6) is 0 Å². The van der Waals surface area contributed by atoms with Crippen LogP contribution in [0.2, 0.25) is 0 Å². The van der Waals surface area contributed by atoms with E-state index in [1.807, 2.05) is 0 Å². The molecule has 0 aliphatic heterocycles. The smallest absolute Gasteiger partial charge is 0.304 e. The van der Waals surface area contributed by atoms with Crippen LogP contribution in [-0.2, 0) is 4.79 Å². The second-order valence-corrected chi connectivity index (χ2v) is 4.86. The standard InChI is InChI=1S/C13H10BrFN2O2/c14-8-1-2-11(15)9(5-8)10(6-13(18)19)12-7-16-3-4-17-12/h1-5,7,10H,6H2,(H,18,19). The van der Waals surface area contributed by atoms with Crippen molar-refractivity contribution in [3.63, 3.8) is 0 Å². The number of hydrogen-bond acceptors (Lipinski definition) is 3. The Morgan fingerprint density at radius 3 is 2.84 bits per heavy atom. The first-order valence-corrected chi connectivity index (χ1v) is 6.30. The minimum absolute atomic E-state index is 0.244. The van der Waals surface area contributed by atoms with Gasteiger partial charge in [0.25, 0.3) is 0 Å².